The first-order chi connectivity index (χ1) is 8.88. The van der Waals surface area contributed by atoms with Gasteiger partial charge in [-0.05, 0) is 43.4 Å². The molecule has 0 spiro atoms. The summed E-state index contributed by atoms with van der Waals surface area (Å²) in [5, 5.41) is 8.95. The second kappa shape index (κ2) is 4.79. The molecule has 0 aromatic carbocycles. The van der Waals surface area contributed by atoms with Crippen LogP contribution in [0.15, 0.2) is 36.4 Å². The molecule has 0 radical (unpaired) electrons. The van der Waals surface area contributed by atoms with Crippen molar-refractivity contribution in [2.24, 2.45) is 0 Å². The topological polar surface area (TPSA) is 41.6 Å². The van der Waals surface area contributed by atoms with E-state index in [9.17, 15) is 0 Å². The molecule has 1 saturated carbocycles. The van der Waals surface area contributed by atoms with Crippen molar-refractivity contribution in [1.29, 1.82) is 5.26 Å². The summed E-state index contributed by atoms with van der Waals surface area (Å²) in [7, 11) is 0. The molecule has 90 valence electrons. The Kier molecular flexibility index (Phi) is 2.99. The SMILES string of the molecule is N#[14C]c1ccc(C(=C2CCCC2)n2ccnc2)s1. The number of nitrogens with zero attached hydrogens (tertiary/aromatic N) is 3. The van der Waals surface area contributed by atoms with Gasteiger partial charge in [0, 0.05) is 12.4 Å². The molecule has 2 aromatic rings. The lowest BCUT2D eigenvalue weighted by Gasteiger charge is -2.10. The van der Waals surface area contributed by atoms with Crippen LogP contribution in [0, 0.1) is 11.3 Å². The van der Waals surface area contributed by atoms with Crippen molar-refractivity contribution in [3.8, 4) is 6.07 Å². The highest BCUT2D eigenvalue weighted by atomic mass is 32.1. The molecule has 1 aliphatic rings. The Morgan fingerprint density at radius 1 is 1.33 bits per heavy atom. The van der Waals surface area contributed by atoms with E-state index in [0.717, 1.165) is 17.7 Å². The number of imidazole rings is 1. The average Bonchev–Trinajstić information content (AvgIpc) is 3.13. The van der Waals surface area contributed by atoms with Crippen molar-refractivity contribution >= 4 is 17.0 Å². The average molecular weight is 257 g/mol. The van der Waals surface area contributed by atoms with Crippen molar-refractivity contribution in [2.45, 2.75) is 25.7 Å². The van der Waals surface area contributed by atoms with Crippen LogP contribution in [-0.2, 0) is 0 Å². The van der Waals surface area contributed by atoms with Gasteiger partial charge in [0.05, 0.1) is 16.9 Å². The number of thiophene rings is 1. The van der Waals surface area contributed by atoms with Crippen LogP contribution in [0.5, 0.6) is 0 Å². The van der Waals surface area contributed by atoms with E-state index in [0.29, 0.717) is 0 Å². The van der Waals surface area contributed by atoms with E-state index < -0.39 is 0 Å². The second-order valence-electron chi connectivity index (χ2n) is 4.40. The van der Waals surface area contributed by atoms with E-state index in [1.165, 1.54) is 29.0 Å². The van der Waals surface area contributed by atoms with Crippen LogP contribution < -0.4 is 0 Å². The van der Waals surface area contributed by atoms with Crippen LogP contribution >= 0.6 is 11.3 Å². The summed E-state index contributed by atoms with van der Waals surface area (Å²) >= 11 is 1.56. The third kappa shape index (κ3) is 1.98. The van der Waals surface area contributed by atoms with Crippen LogP contribution in [0.25, 0.3) is 5.70 Å². The van der Waals surface area contributed by atoms with Crippen LogP contribution in [-0.4, -0.2) is 9.55 Å². The van der Waals surface area contributed by atoms with Gasteiger partial charge in [0.15, 0.2) is 0 Å². The predicted molar refractivity (Wildman–Crippen MR) is 72.0 cm³/mol. The van der Waals surface area contributed by atoms with Crippen molar-refractivity contribution in [1.82, 2.24) is 9.55 Å². The molecule has 2 aromatic heterocycles. The quantitative estimate of drug-likeness (QED) is 0.824. The van der Waals surface area contributed by atoms with Gasteiger partial charge in [0.25, 0.3) is 0 Å². The first-order valence-electron chi connectivity index (χ1n) is 6.09. The fraction of sp³-hybridized carbons (Fsp3) is 0.286. The van der Waals surface area contributed by atoms with E-state index in [1.54, 1.807) is 17.5 Å². The molecule has 0 saturated heterocycles. The van der Waals surface area contributed by atoms with Crippen molar-refractivity contribution in [3.05, 3.63) is 46.2 Å². The Morgan fingerprint density at radius 2 is 2.17 bits per heavy atom. The molecule has 0 aliphatic heterocycles. The molecule has 0 unspecified atom stereocenters. The summed E-state index contributed by atoms with van der Waals surface area (Å²) in [6.07, 6.45) is 10.5. The zero-order chi connectivity index (χ0) is 12.4. The van der Waals surface area contributed by atoms with Crippen molar-refractivity contribution < 1.29 is 0 Å². The number of allylic oxidation sites excluding steroid dienone is 1. The van der Waals surface area contributed by atoms with Gasteiger partial charge in [-0.1, -0.05) is 0 Å². The molecular weight excluding hydrogens is 244 g/mol. The maximum absolute atomic E-state index is 8.95. The Hall–Kier alpha value is -1.86. The highest BCUT2D eigenvalue weighted by Gasteiger charge is 2.17. The highest BCUT2D eigenvalue weighted by Crippen LogP contribution is 2.35. The zero-order valence-corrected chi connectivity index (χ0v) is 10.8. The van der Waals surface area contributed by atoms with Gasteiger partial charge < -0.3 is 4.57 Å². The molecule has 0 amide bonds. The summed E-state index contributed by atoms with van der Waals surface area (Å²) < 4.78 is 2.08. The molecule has 18 heavy (non-hydrogen) atoms. The largest absolute Gasteiger partial charge is 0.305 e. The standard InChI is InChI=1S/C14H13N3S/c15-9-12-5-6-13(18-12)14(11-3-1-2-4-11)17-8-7-16-10-17/h5-8,10H,1-4H2/i9+2. The Balaban J connectivity index is 2.11. The monoisotopic (exact) mass is 257 g/mol. The molecule has 2 heterocycles. The van der Waals surface area contributed by atoms with Gasteiger partial charge in [-0.25, -0.2) is 4.98 Å². The van der Waals surface area contributed by atoms with Crippen LogP contribution in [0.1, 0.15) is 35.4 Å². The van der Waals surface area contributed by atoms with Crippen LogP contribution in [0.3, 0.4) is 0 Å². The molecule has 3 rings (SSSR count). The van der Waals surface area contributed by atoms with Gasteiger partial charge in [-0.3, -0.25) is 0 Å². The molecule has 0 N–H and O–H groups in total. The lowest BCUT2D eigenvalue weighted by molar-refractivity contribution is 0.886. The van der Waals surface area contributed by atoms with Crippen LogP contribution in [0.2, 0.25) is 0 Å². The second-order valence-corrected chi connectivity index (χ2v) is 5.49. The van der Waals surface area contributed by atoms with Gasteiger partial charge in [-0.2, -0.15) is 5.26 Å². The molecule has 1 fully saturated rings. The molecule has 0 atom stereocenters. The number of aromatic nitrogens is 2. The zero-order valence-electron chi connectivity index (χ0n) is 9.97. The Morgan fingerprint density at radius 3 is 2.78 bits per heavy atom. The summed E-state index contributed by atoms with van der Waals surface area (Å²) in [5.41, 5.74) is 2.72. The maximum atomic E-state index is 8.95. The van der Waals surface area contributed by atoms with Crippen molar-refractivity contribution in [2.75, 3.05) is 0 Å². The number of hydrogen-bond donors (Lipinski definition) is 0. The van der Waals surface area contributed by atoms with E-state index >= 15 is 0 Å². The molecule has 1 aliphatic carbocycles. The highest BCUT2D eigenvalue weighted by molar-refractivity contribution is 7.13. The van der Waals surface area contributed by atoms with E-state index in [1.807, 2.05) is 24.7 Å². The normalized spacial score (nSPS) is 14.7. The Labute approximate surface area is 110 Å². The van der Waals surface area contributed by atoms with Gasteiger partial charge >= 0.3 is 0 Å². The molecule has 0 bridgehead atoms. The molecule has 3 nitrogen and oxygen atoms in total. The Bertz CT molecular complexity index is 606. The minimum Gasteiger partial charge on any atom is -0.305 e. The van der Waals surface area contributed by atoms with E-state index in [-0.39, 0.29) is 0 Å². The number of hydrogen-bond acceptors (Lipinski definition) is 3. The van der Waals surface area contributed by atoms with Gasteiger partial charge in [-0.15, -0.1) is 11.3 Å². The first-order valence-corrected chi connectivity index (χ1v) is 6.91. The minimum atomic E-state index is 0.765. The predicted octanol–water partition coefficient (Wildman–Crippen LogP) is 3.65. The summed E-state index contributed by atoms with van der Waals surface area (Å²) in [6.45, 7) is 0. The fourth-order valence-electron chi connectivity index (χ4n) is 2.44. The minimum absolute atomic E-state index is 0.765. The fourth-order valence-corrected chi connectivity index (χ4v) is 3.34. The third-order valence-electron chi connectivity index (χ3n) is 3.25. The van der Waals surface area contributed by atoms with E-state index in [4.69, 9.17) is 5.26 Å². The third-order valence-corrected chi connectivity index (χ3v) is 4.25. The maximum Gasteiger partial charge on any atom is 0.110 e. The number of nitriles is 1. The summed E-state index contributed by atoms with van der Waals surface area (Å²) in [6, 6.07) is 6.15. The van der Waals surface area contributed by atoms with Crippen molar-refractivity contribution in [3.63, 3.8) is 0 Å². The summed E-state index contributed by atoms with van der Waals surface area (Å²) in [4.78, 5) is 6.07. The lowest BCUT2D eigenvalue weighted by atomic mass is 10.1. The first kappa shape index (κ1) is 11.2. The smallest absolute Gasteiger partial charge is 0.110 e. The van der Waals surface area contributed by atoms with Gasteiger partial charge in [0.1, 0.15) is 10.9 Å². The van der Waals surface area contributed by atoms with Crippen LogP contribution in [0.4, 0.5) is 0 Å². The molecule has 4 heteroatoms. The number of rotatable bonds is 2. The van der Waals surface area contributed by atoms with E-state index in [2.05, 4.69) is 15.6 Å². The summed E-state index contributed by atoms with van der Waals surface area (Å²) in [5.74, 6) is 0. The van der Waals surface area contributed by atoms with Gasteiger partial charge in [0.2, 0.25) is 0 Å². The lowest BCUT2D eigenvalue weighted by Crippen LogP contribution is -1.97. The molecular formula is C14H13N3S.